The molecule has 2 aromatic carbocycles. The first-order valence-corrected chi connectivity index (χ1v) is 7.32. The summed E-state index contributed by atoms with van der Waals surface area (Å²) < 4.78 is 12.0. The first kappa shape index (κ1) is 12.0. The van der Waals surface area contributed by atoms with Gasteiger partial charge in [-0.15, -0.1) is 0 Å². The van der Waals surface area contributed by atoms with Crippen LogP contribution >= 0.6 is 0 Å². The maximum absolute atomic E-state index is 6.07. The second-order valence-corrected chi connectivity index (χ2v) is 5.61. The summed E-state index contributed by atoms with van der Waals surface area (Å²) in [5.74, 6) is 2.03. The quantitative estimate of drug-likeness (QED) is 0.778. The second-order valence-electron chi connectivity index (χ2n) is 5.61. The van der Waals surface area contributed by atoms with Gasteiger partial charge in [0, 0.05) is 12.5 Å². The van der Waals surface area contributed by atoms with E-state index in [0.29, 0.717) is 11.8 Å². The lowest BCUT2D eigenvalue weighted by Gasteiger charge is -2.42. The first-order valence-electron chi connectivity index (χ1n) is 7.32. The summed E-state index contributed by atoms with van der Waals surface area (Å²) in [5, 5.41) is 0. The highest BCUT2D eigenvalue weighted by molar-refractivity contribution is 5.39. The maximum atomic E-state index is 6.07. The fourth-order valence-electron chi connectivity index (χ4n) is 3.55. The molecule has 3 atom stereocenters. The number of para-hydroxylation sites is 1. The van der Waals surface area contributed by atoms with Crippen LogP contribution in [0.1, 0.15) is 29.6 Å². The molecule has 0 aromatic heterocycles. The minimum atomic E-state index is 0.156. The molecule has 2 aliphatic heterocycles. The predicted octanol–water partition coefficient (Wildman–Crippen LogP) is 3.94. The third kappa shape index (κ3) is 1.92. The normalized spacial score (nSPS) is 28.1. The highest BCUT2D eigenvalue weighted by Gasteiger charge is 2.40. The highest BCUT2D eigenvalue weighted by atomic mass is 16.5. The van der Waals surface area contributed by atoms with Gasteiger partial charge in [-0.3, -0.25) is 0 Å². The summed E-state index contributed by atoms with van der Waals surface area (Å²) in [6, 6.07) is 19.0. The molecule has 2 heteroatoms. The third-order valence-corrected chi connectivity index (χ3v) is 4.51. The monoisotopic (exact) mass is 266 g/mol. The molecule has 102 valence electrons. The van der Waals surface area contributed by atoms with Crippen LogP contribution in [0.3, 0.4) is 0 Å². The number of hydrogen-bond donors (Lipinski definition) is 0. The Kier molecular flexibility index (Phi) is 2.96. The van der Waals surface area contributed by atoms with Crippen LogP contribution < -0.4 is 4.74 Å². The summed E-state index contributed by atoms with van der Waals surface area (Å²) in [6.45, 7) is 1.58. The van der Waals surface area contributed by atoms with Crippen molar-refractivity contribution in [2.24, 2.45) is 5.92 Å². The number of ether oxygens (including phenoxy) is 2. The lowest BCUT2D eigenvalue weighted by molar-refractivity contribution is -0.0615. The van der Waals surface area contributed by atoms with Crippen LogP contribution in [0.15, 0.2) is 54.6 Å². The summed E-state index contributed by atoms with van der Waals surface area (Å²) in [4.78, 5) is 0. The van der Waals surface area contributed by atoms with Crippen molar-refractivity contribution in [2.45, 2.75) is 18.4 Å². The molecule has 3 unspecified atom stereocenters. The Hall–Kier alpha value is -1.80. The summed E-state index contributed by atoms with van der Waals surface area (Å²) in [5.41, 5.74) is 2.62. The van der Waals surface area contributed by atoms with Crippen molar-refractivity contribution in [3.63, 3.8) is 0 Å². The van der Waals surface area contributed by atoms with Crippen LogP contribution in [0, 0.1) is 5.92 Å². The van der Waals surface area contributed by atoms with Crippen molar-refractivity contribution in [1.82, 2.24) is 0 Å². The molecule has 0 radical (unpaired) electrons. The standard InChI is InChI=1S/C18H18O2/c1-2-6-13(7-3-1)18-16-12-20-17-9-5-4-8-15(17)14(16)10-11-19-18/h1-9,14,16,18H,10-12H2. The number of benzene rings is 2. The molecule has 1 saturated heterocycles. The van der Waals surface area contributed by atoms with Gasteiger partial charge in [0.2, 0.25) is 0 Å². The molecule has 0 aliphatic carbocycles. The molecule has 2 heterocycles. The zero-order valence-corrected chi connectivity index (χ0v) is 11.4. The van der Waals surface area contributed by atoms with E-state index in [4.69, 9.17) is 9.47 Å². The van der Waals surface area contributed by atoms with E-state index in [1.807, 2.05) is 6.07 Å². The second kappa shape index (κ2) is 4.95. The van der Waals surface area contributed by atoms with Gasteiger partial charge in [-0.05, 0) is 29.5 Å². The lowest BCUT2D eigenvalue weighted by atomic mass is 9.75. The van der Waals surface area contributed by atoms with Gasteiger partial charge in [0.15, 0.2) is 0 Å². The highest BCUT2D eigenvalue weighted by Crippen LogP contribution is 2.48. The lowest BCUT2D eigenvalue weighted by Crippen LogP contribution is -2.36. The number of rotatable bonds is 1. The van der Waals surface area contributed by atoms with Gasteiger partial charge in [-0.1, -0.05) is 48.5 Å². The maximum Gasteiger partial charge on any atom is 0.122 e. The fourth-order valence-corrected chi connectivity index (χ4v) is 3.55. The number of hydrogen-bond acceptors (Lipinski definition) is 2. The number of fused-ring (bicyclic) bond motifs is 3. The van der Waals surface area contributed by atoms with E-state index in [-0.39, 0.29) is 6.10 Å². The van der Waals surface area contributed by atoms with Crippen molar-refractivity contribution in [3.05, 3.63) is 65.7 Å². The Morgan fingerprint density at radius 1 is 0.900 bits per heavy atom. The van der Waals surface area contributed by atoms with Crippen LogP contribution in [-0.4, -0.2) is 13.2 Å². The molecule has 0 saturated carbocycles. The summed E-state index contributed by atoms with van der Waals surface area (Å²) in [6.07, 6.45) is 1.25. The minimum Gasteiger partial charge on any atom is -0.493 e. The average molecular weight is 266 g/mol. The topological polar surface area (TPSA) is 18.5 Å². The van der Waals surface area contributed by atoms with Gasteiger partial charge in [0.25, 0.3) is 0 Å². The van der Waals surface area contributed by atoms with E-state index in [2.05, 4.69) is 48.5 Å². The van der Waals surface area contributed by atoms with Gasteiger partial charge in [-0.2, -0.15) is 0 Å². The van der Waals surface area contributed by atoms with Crippen LogP contribution in [0.4, 0.5) is 0 Å². The molecule has 1 fully saturated rings. The Balaban J connectivity index is 1.70. The molecule has 2 nitrogen and oxygen atoms in total. The Labute approximate surface area is 119 Å². The molecule has 2 aromatic rings. The molecule has 2 aliphatic rings. The van der Waals surface area contributed by atoms with E-state index in [0.717, 1.165) is 25.4 Å². The molecule has 0 N–H and O–H groups in total. The Morgan fingerprint density at radius 2 is 1.70 bits per heavy atom. The van der Waals surface area contributed by atoms with E-state index < -0.39 is 0 Å². The van der Waals surface area contributed by atoms with Crippen molar-refractivity contribution in [2.75, 3.05) is 13.2 Å². The fraction of sp³-hybridized carbons (Fsp3) is 0.333. The molecule has 0 amide bonds. The van der Waals surface area contributed by atoms with E-state index in [1.54, 1.807) is 0 Å². The van der Waals surface area contributed by atoms with Crippen LogP contribution in [0.5, 0.6) is 5.75 Å². The average Bonchev–Trinajstić information content (AvgIpc) is 2.55. The van der Waals surface area contributed by atoms with Crippen LogP contribution in [-0.2, 0) is 4.74 Å². The zero-order chi connectivity index (χ0) is 13.4. The van der Waals surface area contributed by atoms with E-state index in [1.165, 1.54) is 11.1 Å². The summed E-state index contributed by atoms with van der Waals surface area (Å²) in [7, 11) is 0. The van der Waals surface area contributed by atoms with Gasteiger partial charge in [0.1, 0.15) is 5.75 Å². The first-order chi connectivity index (χ1) is 9.93. The molecule has 20 heavy (non-hydrogen) atoms. The van der Waals surface area contributed by atoms with Crippen LogP contribution in [0.25, 0.3) is 0 Å². The molecular weight excluding hydrogens is 248 g/mol. The Morgan fingerprint density at radius 3 is 2.60 bits per heavy atom. The van der Waals surface area contributed by atoms with E-state index >= 15 is 0 Å². The van der Waals surface area contributed by atoms with Gasteiger partial charge in [0.05, 0.1) is 12.7 Å². The molecule has 0 spiro atoms. The van der Waals surface area contributed by atoms with Gasteiger partial charge in [-0.25, -0.2) is 0 Å². The summed E-state index contributed by atoms with van der Waals surface area (Å²) >= 11 is 0. The van der Waals surface area contributed by atoms with Gasteiger partial charge >= 0.3 is 0 Å². The van der Waals surface area contributed by atoms with Crippen LogP contribution in [0.2, 0.25) is 0 Å². The Bertz CT molecular complexity index is 593. The van der Waals surface area contributed by atoms with Crippen molar-refractivity contribution >= 4 is 0 Å². The largest absolute Gasteiger partial charge is 0.493 e. The van der Waals surface area contributed by atoms with Crippen molar-refractivity contribution < 1.29 is 9.47 Å². The smallest absolute Gasteiger partial charge is 0.122 e. The molecule has 4 rings (SSSR count). The van der Waals surface area contributed by atoms with E-state index in [9.17, 15) is 0 Å². The SMILES string of the molecule is c1ccc(C2OCCC3c4ccccc4OCC32)cc1. The van der Waals surface area contributed by atoms with Crippen molar-refractivity contribution in [1.29, 1.82) is 0 Å². The predicted molar refractivity (Wildman–Crippen MR) is 77.9 cm³/mol. The van der Waals surface area contributed by atoms with Gasteiger partial charge < -0.3 is 9.47 Å². The third-order valence-electron chi connectivity index (χ3n) is 4.51. The zero-order valence-electron chi connectivity index (χ0n) is 11.4. The minimum absolute atomic E-state index is 0.156. The van der Waals surface area contributed by atoms with Crippen molar-refractivity contribution in [3.8, 4) is 5.75 Å². The molecular formula is C18H18O2. The molecule has 0 bridgehead atoms.